The maximum atomic E-state index is 4.56. The fourth-order valence-electron chi connectivity index (χ4n) is 2.10. The molecule has 78 valence electrons. The zero-order valence-corrected chi connectivity index (χ0v) is 8.56. The highest BCUT2D eigenvalue weighted by Gasteiger charge is 2.19. The Bertz CT molecular complexity index is 423. The van der Waals surface area contributed by atoms with Crippen molar-refractivity contribution in [3.8, 4) is 0 Å². The summed E-state index contributed by atoms with van der Waals surface area (Å²) in [6.45, 7) is 2.17. The molecule has 1 fully saturated rings. The highest BCUT2D eigenvalue weighted by Crippen LogP contribution is 2.22. The average molecular weight is 202 g/mol. The molecule has 1 aliphatic rings. The number of rotatable bonds is 1. The van der Waals surface area contributed by atoms with Gasteiger partial charge in [0.25, 0.3) is 0 Å². The topological polar surface area (TPSA) is 42.2 Å². The van der Waals surface area contributed by atoms with Crippen LogP contribution in [0.5, 0.6) is 0 Å². The molecule has 0 bridgehead atoms. The van der Waals surface area contributed by atoms with E-state index < -0.39 is 0 Å². The van der Waals surface area contributed by atoms with Gasteiger partial charge in [-0.1, -0.05) is 6.07 Å². The van der Waals surface area contributed by atoms with Crippen LogP contribution in [0.2, 0.25) is 0 Å². The smallest absolute Gasteiger partial charge is 0.155 e. The number of pyridine rings is 1. The van der Waals surface area contributed by atoms with E-state index in [-0.39, 0.29) is 0 Å². The Morgan fingerprint density at radius 2 is 2.13 bits per heavy atom. The van der Waals surface area contributed by atoms with E-state index in [9.17, 15) is 0 Å². The van der Waals surface area contributed by atoms with Gasteiger partial charge in [0.05, 0.1) is 0 Å². The minimum absolute atomic E-state index is 0.533. The zero-order valence-electron chi connectivity index (χ0n) is 8.56. The second kappa shape index (κ2) is 3.62. The van der Waals surface area contributed by atoms with Crippen LogP contribution < -0.4 is 5.32 Å². The van der Waals surface area contributed by atoms with Gasteiger partial charge in [0.1, 0.15) is 0 Å². The normalized spacial score (nSPS) is 18.4. The molecular formula is C11H14N4. The van der Waals surface area contributed by atoms with E-state index in [1.165, 1.54) is 0 Å². The number of aromatic nitrogens is 3. The fraction of sp³-hybridized carbons (Fsp3) is 0.455. The Balaban J connectivity index is 1.96. The summed E-state index contributed by atoms with van der Waals surface area (Å²) in [7, 11) is 0. The summed E-state index contributed by atoms with van der Waals surface area (Å²) in [5.74, 6) is 1.54. The van der Waals surface area contributed by atoms with E-state index in [1.54, 1.807) is 0 Å². The highest BCUT2D eigenvalue weighted by atomic mass is 15.3. The number of hydrogen-bond acceptors (Lipinski definition) is 3. The van der Waals surface area contributed by atoms with Crippen LogP contribution >= 0.6 is 0 Å². The molecule has 4 heteroatoms. The van der Waals surface area contributed by atoms with Crippen molar-refractivity contribution in [1.82, 2.24) is 19.9 Å². The summed E-state index contributed by atoms with van der Waals surface area (Å²) >= 11 is 0. The molecule has 0 aromatic carbocycles. The second-order valence-electron chi connectivity index (χ2n) is 4.00. The zero-order chi connectivity index (χ0) is 10.1. The van der Waals surface area contributed by atoms with Crippen LogP contribution in [-0.4, -0.2) is 27.7 Å². The summed E-state index contributed by atoms with van der Waals surface area (Å²) in [6.07, 6.45) is 4.25. The van der Waals surface area contributed by atoms with Gasteiger partial charge in [-0.3, -0.25) is 0 Å². The van der Waals surface area contributed by atoms with E-state index >= 15 is 0 Å². The van der Waals surface area contributed by atoms with E-state index in [2.05, 4.69) is 15.4 Å². The van der Waals surface area contributed by atoms with Gasteiger partial charge in [-0.05, 0) is 38.1 Å². The Labute approximate surface area is 88.3 Å². The van der Waals surface area contributed by atoms with E-state index in [4.69, 9.17) is 0 Å². The third-order valence-electron chi connectivity index (χ3n) is 2.96. The molecule has 1 N–H and O–H groups in total. The summed E-state index contributed by atoms with van der Waals surface area (Å²) in [6, 6.07) is 5.97. The van der Waals surface area contributed by atoms with Crippen molar-refractivity contribution in [2.24, 2.45) is 0 Å². The molecule has 0 radical (unpaired) electrons. The predicted octanol–water partition coefficient (Wildman–Crippen LogP) is 1.20. The van der Waals surface area contributed by atoms with E-state index in [0.29, 0.717) is 5.92 Å². The number of piperidine rings is 1. The molecule has 3 heterocycles. The Hall–Kier alpha value is -1.42. The lowest BCUT2D eigenvalue weighted by atomic mass is 9.98. The lowest BCUT2D eigenvalue weighted by Crippen LogP contribution is -2.27. The quantitative estimate of drug-likeness (QED) is 0.755. The Morgan fingerprint density at radius 3 is 2.93 bits per heavy atom. The molecule has 0 spiro atoms. The van der Waals surface area contributed by atoms with Crippen molar-refractivity contribution >= 4 is 5.65 Å². The van der Waals surface area contributed by atoms with Gasteiger partial charge in [0.2, 0.25) is 0 Å². The van der Waals surface area contributed by atoms with Crippen molar-refractivity contribution in [1.29, 1.82) is 0 Å². The predicted molar refractivity (Wildman–Crippen MR) is 57.8 cm³/mol. The molecule has 3 rings (SSSR count). The maximum absolute atomic E-state index is 4.56. The van der Waals surface area contributed by atoms with Crippen molar-refractivity contribution < 1.29 is 0 Å². The van der Waals surface area contributed by atoms with E-state index in [1.807, 2.05) is 28.9 Å². The number of fused-ring (bicyclic) bond motifs is 1. The molecule has 1 saturated heterocycles. The number of nitrogens with one attached hydrogen (secondary N) is 1. The molecule has 2 aromatic heterocycles. The molecule has 0 saturated carbocycles. The van der Waals surface area contributed by atoms with Crippen molar-refractivity contribution in [3.05, 3.63) is 30.2 Å². The third-order valence-corrected chi connectivity index (χ3v) is 2.96. The molecule has 4 nitrogen and oxygen atoms in total. The first-order valence-electron chi connectivity index (χ1n) is 5.45. The van der Waals surface area contributed by atoms with Crippen molar-refractivity contribution in [3.63, 3.8) is 0 Å². The van der Waals surface area contributed by atoms with Gasteiger partial charge >= 0.3 is 0 Å². The van der Waals surface area contributed by atoms with Gasteiger partial charge in [-0.2, -0.15) is 5.10 Å². The van der Waals surface area contributed by atoms with Crippen LogP contribution in [0.1, 0.15) is 24.6 Å². The number of hydrogen-bond donors (Lipinski definition) is 1. The van der Waals surface area contributed by atoms with Crippen LogP contribution in [0.3, 0.4) is 0 Å². The van der Waals surface area contributed by atoms with Crippen LogP contribution in [0.4, 0.5) is 0 Å². The summed E-state index contributed by atoms with van der Waals surface area (Å²) in [4.78, 5) is 4.56. The van der Waals surface area contributed by atoms with Gasteiger partial charge in [0, 0.05) is 12.1 Å². The maximum Gasteiger partial charge on any atom is 0.155 e. The first-order valence-corrected chi connectivity index (χ1v) is 5.45. The number of nitrogens with zero attached hydrogens (tertiary/aromatic N) is 3. The van der Waals surface area contributed by atoms with E-state index in [0.717, 1.165) is 37.4 Å². The fourth-order valence-corrected chi connectivity index (χ4v) is 2.10. The minimum atomic E-state index is 0.533. The molecule has 0 amide bonds. The molecule has 1 aliphatic heterocycles. The van der Waals surface area contributed by atoms with Crippen molar-refractivity contribution in [2.45, 2.75) is 18.8 Å². The van der Waals surface area contributed by atoms with Gasteiger partial charge in [-0.25, -0.2) is 9.50 Å². The lowest BCUT2D eigenvalue weighted by Gasteiger charge is -2.19. The third kappa shape index (κ3) is 1.61. The second-order valence-corrected chi connectivity index (χ2v) is 4.00. The molecule has 0 aliphatic carbocycles. The average Bonchev–Trinajstić information content (AvgIpc) is 2.74. The molecule has 0 unspecified atom stereocenters. The summed E-state index contributed by atoms with van der Waals surface area (Å²) in [5, 5.41) is 7.87. The van der Waals surface area contributed by atoms with Crippen LogP contribution in [-0.2, 0) is 0 Å². The van der Waals surface area contributed by atoms with Crippen LogP contribution in [0.15, 0.2) is 24.4 Å². The molecular weight excluding hydrogens is 188 g/mol. The molecule has 0 atom stereocenters. The van der Waals surface area contributed by atoms with Crippen LogP contribution in [0.25, 0.3) is 5.65 Å². The lowest BCUT2D eigenvalue weighted by molar-refractivity contribution is 0.445. The van der Waals surface area contributed by atoms with Gasteiger partial charge in [-0.15, -0.1) is 0 Å². The first-order chi connectivity index (χ1) is 7.43. The molecule has 15 heavy (non-hydrogen) atoms. The summed E-state index contributed by atoms with van der Waals surface area (Å²) < 4.78 is 1.86. The largest absolute Gasteiger partial charge is 0.317 e. The van der Waals surface area contributed by atoms with Crippen molar-refractivity contribution in [2.75, 3.05) is 13.1 Å². The van der Waals surface area contributed by atoms with Crippen LogP contribution in [0, 0.1) is 0 Å². The Morgan fingerprint density at radius 1 is 1.27 bits per heavy atom. The Kier molecular flexibility index (Phi) is 2.14. The van der Waals surface area contributed by atoms with Gasteiger partial charge in [0.15, 0.2) is 11.5 Å². The molecule has 2 aromatic rings. The minimum Gasteiger partial charge on any atom is -0.317 e. The van der Waals surface area contributed by atoms with Gasteiger partial charge < -0.3 is 5.32 Å². The SMILES string of the molecule is c1ccn2nc(C3CCNCC3)nc2c1. The standard InChI is InChI=1S/C11H14N4/c1-2-8-15-10(3-1)13-11(14-15)9-4-6-12-7-5-9/h1-3,8-9,12H,4-7H2. The monoisotopic (exact) mass is 202 g/mol. The highest BCUT2D eigenvalue weighted by molar-refractivity contribution is 5.36. The summed E-state index contributed by atoms with van der Waals surface area (Å²) in [5.41, 5.74) is 0.950. The first kappa shape index (κ1) is 8.85.